The average Bonchev–Trinajstić information content (AvgIpc) is 2.39. The summed E-state index contributed by atoms with van der Waals surface area (Å²) < 4.78 is 5.49. The molecular formula is C15H15ClO2. The summed E-state index contributed by atoms with van der Waals surface area (Å²) in [5, 5.41) is 10.5. The van der Waals surface area contributed by atoms with Gasteiger partial charge in [-0.1, -0.05) is 41.9 Å². The van der Waals surface area contributed by atoms with E-state index >= 15 is 0 Å². The van der Waals surface area contributed by atoms with Gasteiger partial charge in [-0.05, 0) is 29.8 Å². The van der Waals surface area contributed by atoms with Crippen molar-refractivity contribution in [1.82, 2.24) is 0 Å². The Morgan fingerprint density at radius 1 is 1.00 bits per heavy atom. The molecule has 2 nitrogen and oxygen atoms in total. The molecule has 1 unspecified atom stereocenters. The van der Waals surface area contributed by atoms with Crippen molar-refractivity contribution in [3.05, 3.63) is 65.2 Å². The Labute approximate surface area is 112 Å². The van der Waals surface area contributed by atoms with Crippen LogP contribution in [0.1, 0.15) is 5.56 Å². The highest BCUT2D eigenvalue weighted by Crippen LogP contribution is 2.16. The number of rotatable bonds is 5. The molecule has 3 heteroatoms. The predicted octanol–water partition coefficient (Wildman–Crippen LogP) is 3.32. The van der Waals surface area contributed by atoms with Crippen LogP contribution in [0.5, 0.6) is 5.75 Å². The molecule has 0 saturated carbocycles. The van der Waals surface area contributed by atoms with Crippen LogP contribution >= 0.6 is 11.6 Å². The summed E-state index contributed by atoms with van der Waals surface area (Å²) in [6, 6.07) is 17.0. The minimum Gasteiger partial charge on any atom is -0.491 e. The fourth-order valence-electron chi connectivity index (χ4n) is 1.67. The summed E-state index contributed by atoms with van der Waals surface area (Å²) in [4.78, 5) is 0. The highest BCUT2D eigenvalue weighted by atomic mass is 35.5. The Morgan fingerprint density at radius 2 is 1.67 bits per heavy atom. The first-order valence-corrected chi connectivity index (χ1v) is 6.22. The Balaban J connectivity index is 1.81. The van der Waals surface area contributed by atoms with Crippen LogP contribution in [0.4, 0.5) is 0 Å². The van der Waals surface area contributed by atoms with Crippen molar-refractivity contribution in [2.75, 3.05) is 6.61 Å². The molecule has 0 bridgehead atoms. The molecule has 0 amide bonds. The Kier molecular flexibility index (Phi) is 4.62. The summed E-state index contributed by atoms with van der Waals surface area (Å²) in [6.45, 7) is 0.274. The lowest BCUT2D eigenvalue weighted by Gasteiger charge is -2.12. The van der Waals surface area contributed by atoms with Crippen molar-refractivity contribution in [2.45, 2.75) is 12.5 Å². The first-order valence-electron chi connectivity index (χ1n) is 5.84. The second kappa shape index (κ2) is 6.43. The number of hydrogen-bond acceptors (Lipinski definition) is 2. The molecule has 0 aromatic heterocycles. The van der Waals surface area contributed by atoms with Crippen LogP contribution in [0.2, 0.25) is 5.02 Å². The van der Waals surface area contributed by atoms with E-state index in [4.69, 9.17) is 16.3 Å². The first-order chi connectivity index (χ1) is 8.74. The van der Waals surface area contributed by atoms with Crippen LogP contribution in [0.3, 0.4) is 0 Å². The number of benzene rings is 2. The largest absolute Gasteiger partial charge is 0.491 e. The summed E-state index contributed by atoms with van der Waals surface area (Å²) in [5.41, 5.74) is 1.10. The minimum absolute atomic E-state index is 0.274. The van der Waals surface area contributed by atoms with Gasteiger partial charge >= 0.3 is 0 Å². The van der Waals surface area contributed by atoms with Gasteiger partial charge in [0.15, 0.2) is 0 Å². The van der Waals surface area contributed by atoms with Gasteiger partial charge in [-0.25, -0.2) is 0 Å². The summed E-state index contributed by atoms with van der Waals surface area (Å²) >= 11 is 5.78. The summed E-state index contributed by atoms with van der Waals surface area (Å²) in [7, 11) is 0. The number of ether oxygens (including phenoxy) is 1. The maximum absolute atomic E-state index is 9.87. The molecule has 2 rings (SSSR count). The normalized spacial score (nSPS) is 12.1. The number of aliphatic hydroxyl groups is 1. The Hall–Kier alpha value is -1.51. The number of halogens is 1. The van der Waals surface area contributed by atoms with Gasteiger partial charge in [0.05, 0.1) is 6.10 Å². The standard InChI is InChI=1S/C15H15ClO2/c16-13-6-8-15(9-7-13)18-11-14(17)10-12-4-2-1-3-5-12/h1-9,14,17H,10-11H2. The second-order valence-electron chi connectivity index (χ2n) is 4.11. The monoisotopic (exact) mass is 262 g/mol. The van der Waals surface area contributed by atoms with Crippen molar-refractivity contribution in [1.29, 1.82) is 0 Å². The van der Waals surface area contributed by atoms with Crippen molar-refractivity contribution < 1.29 is 9.84 Å². The van der Waals surface area contributed by atoms with Gasteiger partial charge < -0.3 is 9.84 Å². The lowest BCUT2D eigenvalue weighted by Crippen LogP contribution is -2.20. The SMILES string of the molecule is OC(COc1ccc(Cl)cc1)Cc1ccccc1. The third kappa shape index (κ3) is 4.06. The van der Waals surface area contributed by atoms with E-state index in [2.05, 4.69) is 0 Å². The van der Waals surface area contributed by atoms with Crippen LogP contribution in [0, 0.1) is 0 Å². The lowest BCUT2D eigenvalue weighted by molar-refractivity contribution is 0.108. The van der Waals surface area contributed by atoms with E-state index in [9.17, 15) is 5.11 Å². The van der Waals surface area contributed by atoms with E-state index in [1.807, 2.05) is 30.3 Å². The molecule has 18 heavy (non-hydrogen) atoms. The number of aliphatic hydroxyl groups excluding tert-OH is 1. The summed E-state index contributed by atoms with van der Waals surface area (Å²) in [6.07, 6.45) is 0.0807. The van der Waals surface area contributed by atoms with E-state index < -0.39 is 6.10 Å². The molecule has 0 aliphatic rings. The van der Waals surface area contributed by atoms with E-state index in [-0.39, 0.29) is 6.61 Å². The van der Waals surface area contributed by atoms with Gasteiger partial charge in [-0.15, -0.1) is 0 Å². The molecule has 0 fully saturated rings. The van der Waals surface area contributed by atoms with Crippen molar-refractivity contribution in [3.8, 4) is 5.75 Å². The zero-order valence-corrected chi connectivity index (χ0v) is 10.7. The van der Waals surface area contributed by atoms with Gasteiger partial charge in [0, 0.05) is 11.4 Å². The van der Waals surface area contributed by atoms with E-state index in [0.717, 1.165) is 5.56 Å². The molecule has 0 aliphatic heterocycles. The van der Waals surface area contributed by atoms with Crippen LogP contribution in [-0.4, -0.2) is 17.8 Å². The Morgan fingerprint density at radius 3 is 2.33 bits per heavy atom. The van der Waals surface area contributed by atoms with Gasteiger partial charge in [0.25, 0.3) is 0 Å². The lowest BCUT2D eigenvalue weighted by atomic mass is 10.1. The van der Waals surface area contributed by atoms with Gasteiger partial charge in [-0.3, -0.25) is 0 Å². The van der Waals surface area contributed by atoms with Crippen molar-refractivity contribution in [3.63, 3.8) is 0 Å². The van der Waals surface area contributed by atoms with E-state index in [1.165, 1.54) is 0 Å². The third-order valence-corrected chi connectivity index (χ3v) is 2.82. The number of hydrogen-bond donors (Lipinski definition) is 1. The fraction of sp³-hybridized carbons (Fsp3) is 0.200. The van der Waals surface area contributed by atoms with Crippen molar-refractivity contribution >= 4 is 11.6 Å². The topological polar surface area (TPSA) is 29.5 Å². The van der Waals surface area contributed by atoms with Crippen LogP contribution in [0.15, 0.2) is 54.6 Å². The average molecular weight is 263 g/mol. The molecule has 2 aromatic carbocycles. The van der Waals surface area contributed by atoms with Crippen LogP contribution < -0.4 is 4.74 Å². The van der Waals surface area contributed by atoms with Crippen LogP contribution in [0.25, 0.3) is 0 Å². The zero-order chi connectivity index (χ0) is 12.8. The molecule has 0 spiro atoms. The fourth-order valence-corrected chi connectivity index (χ4v) is 1.79. The predicted molar refractivity (Wildman–Crippen MR) is 73.1 cm³/mol. The molecule has 94 valence electrons. The molecule has 0 aliphatic carbocycles. The molecule has 0 radical (unpaired) electrons. The molecule has 1 N–H and O–H groups in total. The molecule has 0 heterocycles. The summed E-state index contributed by atoms with van der Waals surface area (Å²) in [5.74, 6) is 0.714. The maximum Gasteiger partial charge on any atom is 0.119 e. The van der Waals surface area contributed by atoms with Crippen LogP contribution in [-0.2, 0) is 6.42 Å². The second-order valence-corrected chi connectivity index (χ2v) is 4.54. The molecule has 0 saturated heterocycles. The quantitative estimate of drug-likeness (QED) is 0.896. The molecule has 1 atom stereocenters. The zero-order valence-electron chi connectivity index (χ0n) is 9.92. The smallest absolute Gasteiger partial charge is 0.119 e. The van der Waals surface area contributed by atoms with Gasteiger partial charge in [0.1, 0.15) is 12.4 Å². The third-order valence-electron chi connectivity index (χ3n) is 2.57. The van der Waals surface area contributed by atoms with E-state index in [1.54, 1.807) is 24.3 Å². The van der Waals surface area contributed by atoms with E-state index in [0.29, 0.717) is 17.2 Å². The Bertz CT molecular complexity index is 468. The van der Waals surface area contributed by atoms with Crippen molar-refractivity contribution in [2.24, 2.45) is 0 Å². The van der Waals surface area contributed by atoms with Gasteiger partial charge in [0.2, 0.25) is 0 Å². The molecular weight excluding hydrogens is 248 g/mol. The van der Waals surface area contributed by atoms with Gasteiger partial charge in [-0.2, -0.15) is 0 Å². The maximum atomic E-state index is 9.87. The highest BCUT2D eigenvalue weighted by Gasteiger charge is 2.06. The first kappa shape index (κ1) is 12.9. The molecule has 2 aromatic rings. The minimum atomic E-state index is -0.511. The highest BCUT2D eigenvalue weighted by molar-refractivity contribution is 6.30.